The number of aryl methyl sites for hydroxylation is 1. The van der Waals surface area contributed by atoms with Crippen molar-refractivity contribution in [1.82, 2.24) is 15.3 Å². The van der Waals surface area contributed by atoms with E-state index in [2.05, 4.69) is 45.6 Å². The SMILES string of the molecule is C=CC(=C)NC(=O)c1ccc(C)c(C#Cc2ccc3c(NC)ncnc3c2)c1. The van der Waals surface area contributed by atoms with E-state index in [1.807, 2.05) is 38.2 Å². The Morgan fingerprint density at radius 1 is 1.14 bits per heavy atom. The number of carbonyl (C=O) groups excluding carboxylic acids is 1. The molecule has 138 valence electrons. The molecule has 3 rings (SSSR count). The molecule has 0 aliphatic carbocycles. The number of hydrogen-bond acceptors (Lipinski definition) is 4. The number of allylic oxidation sites excluding steroid dienone is 1. The van der Waals surface area contributed by atoms with Gasteiger partial charge in [0, 0.05) is 34.8 Å². The first kappa shape index (κ1) is 18.9. The zero-order valence-corrected chi connectivity index (χ0v) is 15.8. The molecule has 5 nitrogen and oxygen atoms in total. The normalized spacial score (nSPS) is 9.93. The number of carbonyl (C=O) groups is 1. The minimum absolute atomic E-state index is 0.241. The summed E-state index contributed by atoms with van der Waals surface area (Å²) in [6.45, 7) is 9.24. The molecule has 0 radical (unpaired) electrons. The Morgan fingerprint density at radius 2 is 1.96 bits per heavy atom. The summed E-state index contributed by atoms with van der Waals surface area (Å²) in [6.07, 6.45) is 3.02. The van der Waals surface area contributed by atoms with Crippen molar-refractivity contribution in [1.29, 1.82) is 0 Å². The van der Waals surface area contributed by atoms with Crippen molar-refractivity contribution in [2.75, 3.05) is 12.4 Å². The first-order chi connectivity index (χ1) is 13.5. The van der Waals surface area contributed by atoms with Gasteiger partial charge >= 0.3 is 0 Å². The van der Waals surface area contributed by atoms with Gasteiger partial charge in [0.2, 0.25) is 0 Å². The average molecular weight is 368 g/mol. The molecular weight excluding hydrogens is 348 g/mol. The molecule has 0 spiro atoms. The highest BCUT2D eigenvalue weighted by Gasteiger charge is 2.07. The van der Waals surface area contributed by atoms with Gasteiger partial charge in [-0.3, -0.25) is 4.79 Å². The fraction of sp³-hybridized carbons (Fsp3) is 0.0870. The molecule has 0 aliphatic rings. The molecular formula is C23H20N4O. The quantitative estimate of drug-likeness (QED) is 0.543. The smallest absolute Gasteiger partial charge is 0.255 e. The first-order valence-electron chi connectivity index (χ1n) is 8.69. The topological polar surface area (TPSA) is 66.9 Å². The molecule has 0 saturated heterocycles. The van der Waals surface area contributed by atoms with Crippen LogP contribution in [-0.4, -0.2) is 22.9 Å². The largest absolute Gasteiger partial charge is 0.373 e. The van der Waals surface area contributed by atoms with Crippen LogP contribution < -0.4 is 10.6 Å². The number of benzene rings is 2. The molecule has 28 heavy (non-hydrogen) atoms. The van der Waals surface area contributed by atoms with Crippen LogP contribution in [0.5, 0.6) is 0 Å². The summed E-state index contributed by atoms with van der Waals surface area (Å²) in [5.74, 6) is 6.84. The lowest BCUT2D eigenvalue weighted by Crippen LogP contribution is -2.21. The summed E-state index contributed by atoms with van der Waals surface area (Å²) < 4.78 is 0. The van der Waals surface area contributed by atoms with Gasteiger partial charge in [-0.1, -0.05) is 31.1 Å². The van der Waals surface area contributed by atoms with Crippen LogP contribution in [-0.2, 0) is 0 Å². The van der Waals surface area contributed by atoms with E-state index >= 15 is 0 Å². The maximum Gasteiger partial charge on any atom is 0.255 e. The van der Waals surface area contributed by atoms with E-state index in [4.69, 9.17) is 0 Å². The lowest BCUT2D eigenvalue weighted by molar-refractivity contribution is 0.0967. The average Bonchev–Trinajstić information content (AvgIpc) is 2.72. The van der Waals surface area contributed by atoms with Crippen molar-refractivity contribution in [3.63, 3.8) is 0 Å². The van der Waals surface area contributed by atoms with Crippen LogP contribution in [0, 0.1) is 18.8 Å². The zero-order chi connectivity index (χ0) is 20.1. The zero-order valence-electron chi connectivity index (χ0n) is 15.8. The third-order valence-electron chi connectivity index (χ3n) is 4.24. The van der Waals surface area contributed by atoms with Gasteiger partial charge in [0.05, 0.1) is 5.52 Å². The monoisotopic (exact) mass is 368 g/mol. The molecule has 1 heterocycles. The van der Waals surface area contributed by atoms with E-state index in [1.54, 1.807) is 12.1 Å². The summed E-state index contributed by atoms with van der Waals surface area (Å²) in [6, 6.07) is 11.2. The summed E-state index contributed by atoms with van der Waals surface area (Å²) in [4.78, 5) is 20.8. The summed E-state index contributed by atoms with van der Waals surface area (Å²) in [5.41, 5.74) is 4.41. The van der Waals surface area contributed by atoms with Crippen LogP contribution in [0.1, 0.15) is 27.0 Å². The van der Waals surface area contributed by atoms with Gasteiger partial charge in [0.1, 0.15) is 12.1 Å². The highest BCUT2D eigenvalue weighted by molar-refractivity contribution is 5.96. The summed E-state index contributed by atoms with van der Waals surface area (Å²) >= 11 is 0. The second kappa shape index (κ2) is 8.19. The second-order valence-corrected chi connectivity index (χ2v) is 6.17. The van der Waals surface area contributed by atoms with Gasteiger partial charge < -0.3 is 10.6 Å². The van der Waals surface area contributed by atoms with Crippen molar-refractivity contribution in [2.24, 2.45) is 0 Å². The standard InChI is InChI=1S/C23H20N4O/c1-5-16(3)27-23(28)19-9-6-15(2)18(13-19)10-7-17-8-11-20-21(12-17)25-14-26-22(20)24-4/h5-6,8-9,11-14H,1,3H2,2,4H3,(H,27,28)(H,24,25,26). The summed E-state index contributed by atoms with van der Waals surface area (Å²) in [7, 11) is 1.83. The lowest BCUT2D eigenvalue weighted by atomic mass is 10.0. The molecule has 0 unspecified atom stereocenters. The van der Waals surface area contributed by atoms with E-state index in [0.717, 1.165) is 33.4 Å². The van der Waals surface area contributed by atoms with Crippen molar-refractivity contribution >= 4 is 22.6 Å². The van der Waals surface area contributed by atoms with Gasteiger partial charge in [0.15, 0.2) is 0 Å². The third kappa shape index (κ3) is 4.08. The molecule has 0 saturated carbocycles. The lowest BCUT2D eigenvalue weighted by Gasteiger charge is -2.06. The van der Waals surface area contributed by atoms with E-state index in [9.17, 15) is 4.79 Å². The van der Waals surface area contributed by atoms with E-state index in [1.165, 1.54) is 12.4 Å². The van der Waals surface area contributed by atoms with E-state index in [-0.39, 0.29) is 5.91 Å². The van der Waals surface area contributed by atoms with Crippen molar-refractivity contribution < 1.29 is 4.79 Å². The molecule has 0 aliphatic heterocycles. The molecule has 1 aromatic heterocycles. The Balaban J connectivity index is 1.92. The predicted octanol–water partition coefficient (Wildman–Crippen LogP) is 3.81. The van der Waals surface area contributed by atoms with Gasteiger partial charge in [-0.15, -0.1) is 0 Å². The van der Waals surface area contributed by atoms with Gasteiger partial charge in [-0.05, 0) is 48.9 Å². The minimum atomic E-state index is -0.241. The first-order valence-corrected chi connectivity index (χ1v) is 8.69. The Hall–Kier alpha value is -3.91. The van der Waals surface area contributed by atoms with Crippen molar-refractivity contribution in [2.45, 2.75) is 6.92 Å². The van der Waals surface area contributed by atoms with Crippen LogP contribution in [0.4, 0.5) is 5.82 Å². The van der Waals surface area contributed by atoms with Crippen LogP contribution in [0.15, 0.2) is 67.7 Å². The Bertz CT molecular complexity index is 1150. The Labute approximate surface area is 164 Å². The molecule has 3 aromatic rings. The number of amides is 1. The van der Waals surface area contributed by atoms with E-state index in [0.29, 0.717) is 11.3 Å². The third-order valence-corrected chi connectivity index (χ3v) is 4.24. The van der Waals surface area contributed by atoms with Crippen LogP contribution >= 0.6 is 0 Å². The number of nitrogens with zero attached hydrogens (tertiary/aromatic N) is 2. The van der Waals surface area contributed by atoms with Crippen molar-refractivity contribution in [3.05, 3.63) is 89.9 Å². The van der Waals surface area contributed by atoms with E-state index < -0.39 is 0 Å². The summed E-state index contributed by atoms with van der Waals surface area (Å²) in [5, 5.41) is 6.67. The number of nitrogens with one attached hydrogen (secondary N) is 2. The van der Waals surface area contributed by atoms with Gasteiger partial charge in [0.25, 0.3) is 5.91 Å². The predicted molar refractivity (Wildman–Crippen MR) is 113 cm³/mol. The highest BCUT2D eigenvalue weighted by atomic mass is 16.1. The maximum atomic E-state index is 12.3. The molecule has 2 N–H and O–H groups in total. The Kier molecular flexibility index (Phi) is 5.52. The molecule has 5 heteroatoms. The fourth-order valence-corrected chi connectivity index (χ4v) is 2.64. The molecule has 2 aromatic carbocycles. The van der Waals surface area contributed by atoms with Crippen LogP contribution in [0.2, 0.25) is 0 Å². The number of hydrogen-bond donors (Lipinski definition) is 2. The molecule has 0 bridgehead atoms. The maximum absolute atomic E-state index is 12.3. The second-order valence-electron chi connectivity index (χ2n) is 6.17. The number of rotatable bonds is 4. The molecule has 0 atom stereocenters. The van der Waals surface area contributed by atoms with Crippen LogP contribution in [0.3, 0.4) is 0 Å². The molecule has 1 amide bonds. The van der Waals surface area contributed by atoms with Crippen molar-refractivity contribution in [3.8, 4) is 11.8 Å². The number of anilines is 1. The fourth-order valence-electron chi connectivity index (χ4n) is 2.64. The highest BCUT2D eigenvalue weighted by Crippen LogP contribution is 2.19. The minimum Gasteiger partial charge on any atom is -0.373 e. The number of aromatic nitrogens is 2. The Morgan fingerprint density at radius 3 is 2.71 bits per heavy atom. The molecule has 0 fully saturated rings. The van der Waals surface area contributed by atoms with Gasteiger partial charge in [-0.2, -0.15) is 0 Å². The van der Waals surface area contributed by atoms with Crippen LogP contribution in [0.25, 0.3) is 10.9 Å². The number of fused-ring (bicyclic) bond motifs is 1. The van der Waals surface area contributed by atoms with Gasteiger partial charge in [-0.25, -0.2) is 9.97 Å².